The molecule has 2 heterocycles. The number of benzene rings is 1. The van der Waals surface area contributed by atoms with Crippen molar-refractivity contribution < 1.29 is 28.9 Å². The number of aliphatic hydroxyl groups excluding tert-OH is 1. The Hall–Kier alpha value is -2.36. The first kappa shape index (κ1) is 23.8. The quantitative estimate of drug-likeness (QED) is 0.441. The molecule has 0 bridgehead atoms. The van der Waals surface area contributed by atoms with Crippen LogP contribution in [0.4, 0.5) is 10.5 Å². The standard InChI is InChI=1S/C24H35N3O6/c1-31-10-9-25-22(29)13-17-12-19-18-11-16(27-24(30)26-15-5-3-2-4-6-15)7-8-20(18)33-23(19)21(14-28)32-17/h7-8,11,15,17,19,21,23,28H,2-6,9-10,12-14H2,1H3,(H,25,29)(H2,26,27,30)/t17-,19+,21-,23-/m1/s1. The molecular weight excluding hydrogens is 426 g/mol. The molecule has 3 aliphatic rings. The molecule has 0 aromatic heterocycles. The number of ether oxygens (including phenoxy) is 3. The summed E-state index contributed by atoms with van der Waals surface area (Å²) in [5.41, 5.74) is 1.68. The van der Waals surface area contributed by atoms with E-state index in [1.165, 1.54) is 6.42 Å². The summed E-state index contributed by atoms with van der Waals surface area (Å²) in [7, 11) is 1.59. The second-order valence-electron chi connectivity index (χ2n) is 9.14. The van der Waals surface area contributed by atoms with Gasteiger partial charge in [-0.25, -0.2) is 4.79 Å². The minimum atomic E-state index is -0.515. The van der Waals surface area contributed by atoms with Crippen LogP contribution in [-0.4, -0.2) is 68.3 Å². The van der Waals surface area contributed by atoms with Crippen molar-refractivity contribution in [2.24, 2.45) is 0 Å². The molecule has 0 unspecified atom stereocenters. The second kappa shape index (κ2) is 11.2. The molecule has 33 heavy (non-hydrogen) atoms. The molecule has 1 saturated heterocycles. The van der Waals surface area contributed by atoms with Gasteiger partial charge in [0.25, 0.3) is 0 Å². The summed E-state index contributed by atoms with van der Waals surface area (Å²) in [5.74, 6) is 0.599. The first-order valence-corrected chi connectivity index (χ1v) is 12.0. The number of amides is 3. The Balaban J connectivity index is 1.40. The van der Waals surface area contributed by atoms with Gasteiger partial charge in [0.15, 0.2) is 0 Å². The number of methoxy groups -OCH3 is 1. The molecule has 4 N–H and O–H groups in total. The van der Waals surface area contributed by atoms with Crippen LogP contribution in [0.1, 0.15) is 56.4 Å². The lowest BCUT2D eigenvalue weighted by atomic mass is 9.84. The number of anilines is 1. The number of nitrogens with one attached hydrogen (secondary N) is 3. The van der Waals surface area contributed by atoms with Gasteiger partial charge in [-0.15, -0.1) is 0 Å². The smallest absolute Gasteiger partial charge is 0.319 e. The lowest BCUT2D eigenvalue weighted by Crippen LogP contribution is -2.47. The average Bonchev–Trinajstić information content (AvgIpc) is 3.17. The molecule has 2 aliphatic heterocycles. The fourth-order valence-corrected chi connectivity index (χ4v) is 5.14. The Morgan fingerprint density at radius 2 is 2.03 bits per heavy atom. The summed E-state index contributed by atoms with van der Waals surface area (Å²) >= 11 is 0. The minimum Gasteiger partial charge on any atom is -0.487 e. The second-order valence-corrected chi connectivity index (χ2v) is 9.14. The first-order chi connectivity index (χ1) is 16.1. The predicted molar refractivity (Wildman–Crippen MR) is 122 cm³/mol. The summed E-state index contributed by atoms with van der Waals surface area (Å²) < 4.78 is 17.1. The molecule has 4 atom stereocenters. The Labute approximate surface area is 194 Å². The maximum Gasteiger partial charge on any atom is 0.319 e. The number of fused-ring (bicyclic) bond motifs is 3. The molecule has 1 aromatic rings. The third-order valence-corrected chi connectivity index (χ3v) is 6.74. The van der Waals surface area contributed by atoms with Crippen molar-refractivity contribution in [3.05, 3.63) is 23.8 Å². The number of hydrogen-bond acceptors (Lipinski definition) is 6. The van der Waals surface area contributed by atoms with Gasteiger partial charge in [-0.1, -0.05) is 19.3 Å². The van der Waals surface area contributed by atoms with E-state index in [-0.39, 0.29) is 49.1 Å². The Kier molecular flexibility index (Phi) is 8.06. The van der Waals surface area contributed by atoms with Crippen LogP contribution in [-0.2, 0) is 14.3 Å². The van der Waals surface area contributed by atoms with Gasteiger partial charge in [-0.05, 0) is 37.5 Å². The molecule has 3 amide bonds. The highest BCUT2D eigenvalue weighted by molar-refractivity contribution is 5.89. The van der Waals surface area contributed by atoms with E-state index in [4.69, 9.17) is 14.2 Å². The van der Waals surface area contributed by atoms with Crippen LogP contribution >= 0.6 is 0 Å². The van der Waals surface area contributed by atoms with Crippen LogP contribution in [0.15, 0.2) is 18.2 Å². The highest BCUT2D eigenvalue weighted by atomic mass is 16.6. The van der Waals surface area contributed by atoms with Gasteiger partial charge >= 0.3 is 6.03 Å². The normalized spacial score (nSPS) is 26.6. The molecule has 1 saturated carbocycles. The summed E-state index contributed by atoms with van der Waals surface area (Å²) in [6.07, 6.45) is 5.25. The SMILES string of the molecule is COCCNC(=O)C[C@H]1C[C@H]2c3cc(NC(=O)NC4CCCCC4)ccc3O[C@H]2[C@@H](CO)O1. The molecular formula is C24H35N3O6. The molecule has 1 aliphatic carbocycles. The van der Waals surface area contributed by atoms with Gasteiger partial charge in [-0.3, -0.25) is 4.79 Å². The van der Waals surface area contributed by atoms with E-state index in [9.17, 15) is 14.7 Å². The van der Waals surface area contributed by atoms with E-state index < -0.39 is 6.10 Å². The van der Waals surface area contributed by atoms with Crippen molar-refractivity contribution in [2.45, 2.75) is 75.2 Å². The monoisotopic (exact) mass is 461 g/mol. The summed E-state index contributed by atoms with van der Waals surface area (Å²) in [5, 5.41) is 18.7. The largest absolute Gasteiger partial charge is 0.487 e. The maximum atomic E-state index is 12.5. The van der Waals surface area contributed by atoms with Crippen molar-refractivity contribution in [3.8, 4) is 5.75 Å². The molecule has 9 heteroatoms. The van der Waals surface area contributed by atoms with Gasteiger partial charge in [0.1, 0.15) is 18.0 Å². The third kappa shape index (κ3) is 5.96. The highest BCUT2D eigenvalue weighted by Crippen LogP contribution is 2.47. The van der Waals surface area contributed by atoms with Crippen molar-refractivity contribution >= 4 is 17.6 Å². The van der Waals surface area contributed by atoms with E-state index in [1.54, 1.807) is 7.11 Å². The van der Waals surface area contributed by atoms with Crippen LogP contribution in [0.2, 0.25) is 0 Å². The van der Waals surface area contributed by atoms with Crippen molar-refractivity contribution in [1.29, 1.82) is 0 Å². The number of hydrogen-bond donors (Lipinski definition) is 4. The van der Waals surface area contributed by atoms with Crippen molar-refractivity contribution in [1.82, 2.24) is 10.6 Å². The van der Waals surface area contributed by atoms with E-state index in [0.29, 0.717) is 25.3 Å². The minimum absolute atomic E-state index is 0.0224. The molecule has 9 nitrogen and oxygen atoms in total. The summed E-state index contributed by atoms with van der Waals surface area (Å²) in [4.78, 5) is 24.7. The molecule has 1 aromatic carbocycles. The van der Waals surface area contributed by atoms with E-state index >= 15 is 0 Å². The fraction of sp³-hybridized carbons (Fsp3) is 0.667. The lowest BCUT2D eigenvalue weighted by molar-refractivity contribution is -0.142. The number of carbonyl (C=O) groups is 2. The van der Waals surface area contributed by atoms with E-state index in [0.717, 1.165) is 37.0 Å². The average molecular weight is 462 g/mol. The predicted octanol–water partition coefficient (Wildman–Crippen LogP) is 2.29. The summed E-state index contributed by atoms with van der Waals surface area (Å²) in [6, 6.07) is 5.66. The zero-order valence-electron chi connectivity index (χ0n) is 19.2. The van der Waals surface area contributed by atoms with Crippen LogP contribution in [0.3, 0.4) is 0 Å². The molecule has 0 radical (unpaired) electrons. The topological polar surface area (TPSA) is 118 Å². The van der Waals surface area contributed by atoms with Crippen LogP contribution in [0.25, 0.3) is 0 Å². The third-order valence-electron chi connectivity index (χ3n) is 6.74. The maximum absolute atomic E-state index is 12.5. The Bertz CT molecular complexity index is 828. The van der Waals surface area contributed by atoms with Gasteiger partial charge in [0.05, 0.1) is 25.7 Å². The molecule has 4 rings (SSSR count). The van der Waals surface area contributed by atoms with Gasteiger partial charge in [0, 0.05) is 36.9 Å². The number of carbonyl (C=O) groups excluding carboxylic acids is 2. The van der Waals surface area contributed by atoms with Crippen molar-refractivity contribution in [3.63, 3.8) is 0 Å². The fourth-order valence-electron chi connectivity index (χ4n) is 5.14. The van der Waals surface area contributed by atoms with E-state index in [1.807, 2.05) is 18.2 Å². The summed E-state index contributed by atoms with van der Waals surface area (Å²) in [6.45, 7) is 0.708. The zero-order chi connectivity index (χ0) is 23.2. The molecule has 2 fully saturated rings. The Morgan fingerprint density at radius 1 is 1.21 bits per heavy atom. The van der Waals surface area contributed by atoms with Crippen LogP contribution in [0, 0.1) is 0 Å². The van der Waals surface area contributed by atoms with Crippen LogP contribution in [0.5, 0.6) is 5.75 Å². The number of aliphatic hydroxyl groups is 1. The molecule has 182 valence electrons. The first-order valence-electron chi connectivity index (χ1n) is 12.0. The number of urea groups is 1. The molecule has 0 spiro atoms. The van der Waals surface area contributed by atoms with Crippen molar-refractivity contribution in [2.75, 3.05) is 32.2 Å². The van der Waals surface area contributed by atoms with Crippen LogP contribution < -0.4 is 20.7 Å². The van der Waals surface area contributed by atoms with Gasteiger partial charge < -0.3 is 35.3 Å². The zero-order valence-corrected chi connectivity index (χ0v) is 19.2. The highest BCUT2D eigenvalue weighted by Gasteiger charge is 2.46. The van der Waals surface area contributed by atoms with E-state index in [2.05, 4.69) is 16.0 Å². The lowest BCUT2D eigenvalue weighted by Gasteiger charge is -2.37. The van der Waals surface area contributed by atoms with Gasteiger partial charge in [-0.2, -0.15) is 0 Å². The van der Waals surface area contributed by atoms with Gasteiger partial charge in [0.2, 0.25) is 5.91 Å². The Morgan fingerprint density at radius 3 is 2.79 bits per heavy atom. The number of rotatable bonds is 8.